The van der Waals surface area contributed by atoms with E-state index >= 15 is 0 Å². The van der Waals surface area contributed by atoms with Gasteiger partial charge in [-0.1, -0.05) is 26.0 Å². The van der Waals surface area contributed by atoms with Crippen molar-refractivity contribution >= 4 is 30.5 Å². The van der Waals surface area contributed by atoms with Crippen molar-refractivity contribution in [1.29, 1.82) is 0 Å². The molecule has 0 saturated carbocycles. The smallest absolute Gasteiger partial charge is 0.0366 e. The number of piperazine rings is 1. The lowest BCUT2D eigenvalue weighted by molar-refractivity contribution is 0.160. The maximum Gasteiger partial charge on any atom is 0.0366 e. The zero-order chi connectivity index (χ0) is 16.1. The highest BCUT2D eigenvalue weighted by Gasteiger charge is 2.22. The lowest BCUT2D eigenvalue weighted by atomic mass is 9.95. The van der Waals surface area contributed by atoms with Gasteiger partial charge in [0.1, 0.15) is 0 Å². The van der Waals surface area contributed by atoms with Crippen LogP contribution in [0.3, 0.4) is 0 Å². The molecule has 0 spiro atoms. The highest BCUT2D eigenvalue weighted by molar-refractivity contribution is 5.85. The van der Waals surface area contributed by atoms with E-state index in [1.807, 2.05) is 0 Å². The number of hydrogen-bond acceptors (Lipinski definition) is 3. The van der Waals surface area contributed by atoms with Crippen LogP contribution < -0.4 is 10.2 Å². The molecule has 1 aromatic carbocycles. The molecule has 2 saturated heterocycles. The maximum absolute atomic E-state index is 3.48. The fourth-order valence-electron chi connectivity index (χ4n) is 3.93. The zero-order valence-electron chi connectivity index (χ0n) is 15.7. The van der Waals surface area contributed by atoms with Crippen molar-refractivity contribution in [2.75, 3.05) is 44.2 Å². The van der Waals surface area contributed by atoms with E-state index < -0.39 is 0 Å². The number of hydrogen-bond donors (Lipinski definition) is 1. The predicted octanol–water partition coefficient (Wildman–Crippen LogP) is 4.51. The molecule has 3 nitrogen and oxygen atoms in total. The summed E-state index contributed by atoms with van der Waals surface area (Å²) in [6.07, 6.45) is 5.28. The topological polar surface area (TPSA) is 18.5 Å². The Morgan fingerprint density at radius 2 is 1.48 bits per heavy atom. The van der Waals surface area contributed by atoms with Crippen molar-refractivity contribution in [3.8, 4) is 0 Å². The van der Waals surface area contributed by atoms with Gasteiger partial charge in [0.2, 0.25) is 0 Å². The Balaban J connectivity index is 0.00000156. The number of anilines is 1. The van der Waals surface area contributed by atoms with Crippen LogP contribution in [0.2, 0.25) is 0 Å². The predicted molar refractivity (Wildman–Crippen MR) is 114 cm³/mol. The third-order valence-corrected chi connectivity index (χ3v) is 5.36. The fraction of sp³-hybridized carbons (Fsp3) is 0.700. The molecule has 0 aliphatic carbocycles. The molecular weight excluding hydrogens is 353 g/mol. The van der Waals surface area contributed by atoms with Crippen LogP contribution in [0, 0.1) is 5.92 Å². The molecule has 5 heteroatoms. The molecule has 0 unspecified atom stereocenters. The Bertz CT molecular complexity index is 466. The van der Waals surface area contributed by atoms with Crippen LogP contribution in [0.25, 0.3) is 0 Å². The first-order chi connectivity index (χ1) is 11.2. The summed E-state index contributed by atoms with van der Waals surface area (Å²) in [5.74, 6) is 0.782. The summed E-state index contributed by atoms with van der Waals surface area (Å²) in [4.78, 5) is 5.21. The summed E-state index contributed by atoms with van der Waals surface area (Å²) in [6, 6.07) is 10.1. The van der Waals surface area contributed by atoms with Gasteiger partial charge >= 0.3 is 0 Å². The van der Waals surface area contributed by atoms with Crippen LogP contribution in [-0.2, 0) is 0 Å². The van der Waals surface area contributed by atoms with Crippen molar-refractivity contribution in [2.24, 2.45) is 5.92 Å². The van der Waals surface area contributed by atoms with Crippen molar-refractivity contribution in [1.82, 2.24) is 10.2 Å². The molecule has 0 radical (unpaired) electrons. The molecule has 0 aromatic heterocycles. The minimum atomic E-state index is 0. The van der Waals surface area contributed by atoms with E-state index in [0.29, 0.717) is 6.04 Å². The molecule has 25 heavy (non-hydrogen) atoms. The number of nitrogens with one attached hydrogen (secondary N) is 1. The minimum Gasteiger partial charge on any atom is -0.372 e. The van der Waals surface area contributed by atoms with Crippen molar-refractivity contribution in [3.05, 3.63) is 29.8 Å². The molecule has 2 aliphatic heterocycles. The molecule has 1 N–H and O–H groups in total. The normalized spacial score (nSPS) is 19.4. The van der Waals surface area contributed by atoms with Crippen LogP contribution in [0.4, 0.5) is 5.69 Å². The van der Waals surface area contributed by atoms with Crippen molar-refractivity contribution in [2.45, 2.75) is 45.6 Å². The molecule has 0 bridgehead atoms. The van der Waals surface area contributed by atoms with Gasteiger partial charge in [-0.3, -0.25) is 4.90 Å². The van der Waals surface area contributed by atoms with Gasteiger partial charge in [-0.25, -0.2) is 0 Å². The first kappa shape index (κ1) is 22.6. The third-order valence-electron chi connectivity index (χ3n) is 5.36. The molecule has 1 aromatic rings. The van der Waals surface area contributed by atoms with E-state index in [4.69, 9.17) is 0 Å². The zero-order valence-corrected chi connectivity index (χ0v) is 17.4. The fourth-order valence-corrected chi connectivity index (χ4v) is 3.93. The van der Waals surface area contributed by atoms with Crippen molar-refractivity contribution < 1.29 is 0 Å². The molecular formula is C20H35Cl2N3. The van der Waals surface area contributed by atoms with Gasteiger partial charge in [0.25, 0.3) is 0 Å². The van der Waals surface area contributed by atoms with E-state index in [2.05, 4.69) is 53.2 Å². The van der Waals surface area contributed by atoms with Gasteiger partial charge in [0.05, 0.1) is 0 Å². The van der Waals surface area contributed by atoms with E-state index in [9.17, 15) is 0 Å². The third kappa shape index (κ3) is 6.32. The summed E-state index contributed by atoms with van der Waals surface area (Å²) >= 11 is 0. The van der Waals surface area contributed by atoms with Crippen LogP contribution in [0.1, 0.15) is 51.1 Å². The van der Waals surface area contributed by atoms with Gasteiger partial charge in [-0.15, -0.1) is 24.8 Å². The Morgan fingerprint density at radius 1 is 0.880 bits per heavy atom. The molecule has 0 amide bonds. The first-order valence-electron chi connectivity index (χ1n) is 9.54. The van der Waals surface area contributed by atoms with E-state index in [1.54, 1.807) is 0 Å². The van der Waals surface area contributed by atoms with Gasteiger partial charge in [-0.05, 0) is 49.3 Å². The second kappa shape index (κ2) is 11.3. The summed E-state index contributed by atoms with van der Waals surface area (Å²) in [7, 11) is 0. The monoisotopic (exact) mass is 387 g/mol. The quantitative estimate of drug-likeness (QED) is 0.774. The van der Waals surface area contributed by atoms with Crippen LogP contribution in [-0.4, -0.2) is 44.2 Å². The molecule has 2 aliphatic rings. The number of halogens is 2. The largest absolute Gasteiger partial charge is 0.372 e. The second-order valence-electron chi connectivity index (χ2n) is 7.56. The molecule has 144 valence electrons. The standard InChI is InChI=1S/C20H33N3.2ClH/c1-17(2)5-10-20(23-15-11-21-12-16-23)18-6-8-19(9-7-18)22-13-3-4-14-22;;/h6-9,17,20-21H,3-5,10-16H2,1-2H3;2*1H/t20-;;/m1../s1. The highest BCUT2D eigenvalue weighted by Crippen LogP contribution is 2.30. The Morgan fingerprint density at radius 3 is 2.04 bits per heavy atom. The molecule has 1 atom stereocenters. The minimum absolute atomic E-state index is 0. The lowest BCUT2D eigenvalue weighted by Gasteiger charge is -2.36. The molecule has 2 fully saturated rings. The highest BCUT2D eigenvalue weighted by atomic mass is 35.5. The summed E-state index contributed by atoms with van der Waals surface area (Å²) in [5.41, 5.74) is 2.92. The van der Waals surface area contributed by atoms with Gasteiger partial charge in [-0.2, -0.15) is 0 Å². The number of benzene rings is 1. The Hall–Kier alpha value is -0.480. The Kier molecular flexibility index (Phi) is 10.2. The number of rotatable bonds is 6. The summed E-state index contributed by atoms with van der Waals surface area (Å²) in [6.45, 7) is 11.7. The van der Waals surface area contributed by atoms with Crippen LogP contribution in [0.15, 0.2) is 24.3 Å². The first-order valence-corrected chi connectivity index (χ1v) is 9.54. The van der Waals surface area contributed by atoms with Crippen LogP contribution in [0.5, 0.6) is 0 Å². The number of nitrogens with zero attached hydrogens (tertiary/aromatic N) is 2. The lowest BCUT2D eigenvalue weighted by Crippen LogP contribution is -2.45. The van der Waals surface area contributed by atoms with Crippen molar-refractivity contribution in [3.63, 3.8) is 0 Å². The van der Waals surface area contributed by atoms with Gasteiger partial charge in [0.15, 0.2) is 0 Å². The average Bonchev–Trinajstić information content (AvgIpc) is 3.11. The van der Waals surface area contributed by atoms with Gasteiger partial charge in [0, 0.05) is 51.0 Å². The maximum atomic E-state index is 3.48. The molecule has 2 heterocycles. The summed E-state index contributed by atoms with van der Waals surface area (Å²) < 4.78 is 0. The second-order valence-corrected chi connectivity index (χ2v) is 7.56. The SMILES string of the molecule is CC(C)CC[C@H](c1ccc(N2CCCC2)cc1)N1CCNCC1.Cl.Cl. The van der Waals surface area contributed by atoms with E-state index in [0.717, 1.165) is 19.0 Å². The Labute approximate surface area is 166 Å². The average molecular weight is 388 g/mol. The molecule has 3 rings (SSSR count). The van der Waals surface area contributed by atoms with Crippen LogP contribution >= 0.6 is 24.8 Å². The van der Waals surface area contributed by atoms with E-state index in [-0.39, 0.29) is 24.8 Å². The summed E-state index contributed by atoms with van der Waals surface area (Å²) in [5, 5.41) is 3.48. The van der Waals surface area contributed by atoms with E-state index in [1.165, 1.54) is 63.1 Å². The van der Waals surface area contributed by atoms with Gasteiger partial charge < -0.3 is 10.2 Å².